The molecule has 2 aromatic rings. The lowest BCUT2D eigenvalue weighted by molar-refractivity contribution is 0.0699. The molecule has 2 aromatic heterocycles. The molecular weight excluding hydrogens is 210 g/mol. The maximum atomic E-state index is 11.7. The quantitative estimate of drug-likeness (QED) is 0.717. The second kappa shape index (κ2) is 2.94. The fraction of sp³-hybridized carbons (Fsp3) is 0.300. The molecule has 0 saturated heterocycles. The normalized spacial score (nSPS) is 14.2. The number of fused-ring (bicyclic) bond motifs is 3. The van der Waals surface area contributed by atoms with Gasteiger partial charge in [-0.1, -0.05) is 0 Å². The number of carbonyl (C=O) groups is 1. The molecule has 0 fully saturated rings. The Balaban J connectivity index is 2.45. The molecule has 0 aromatic carbocycles. The van der Waals surface area contributed by atoms with E-state index >= 15 is 0 Å². The number of hydrogen-bond donors (Lipinski definition) is 2. The summed E-state index contributed by atoms with van der Waals surface area (Å²) in [5.41, 5.74) is 1.69. The third-order valence-electron chi connectivity index (χ3n) is 2.95. The number of carboxylic acid groups (broad SMARTS) is 1. The van der Waals surface area contributed by atoms with Crippen LogP contribution in [-0.4, -0.2) is 25.7 Å². The van der Waals surface area contributed by atoms with E-state index in [0.717, 1.165) is 30.5 Å². The van der Waals surface area contributed by atoms with Crippen molar-refractivity contribution in [3.63, 3.8) is 0 Å². The van der Waals surface area contributed by atoms with Crippen molar-refractivity contribution >= 4 is 11.6 Å². The molecule has 0 unspecified atom stereocenters. The van der Waals surface area contributed by atoms with E-state index in [1.165, 1.54) is 10.7 Å². The Hall–Kier alpha value is -2.11. The number of aryl methyl sites for hydroxylation is 1. The van der Waals surface area contributed by atoms with Gasteiger partial charge in [-0.3, -0.25) is 4.79 Å². The molecule has 0 spiro atoms. The van der Waals surface area contributed by atoms with Crippen molar-refractivity contribution in [3.05, 3.63) is 33.4 Å². The summed E-state index contributed by atoms with van der Waals surface area (Å²) >= 11 is 0. The first-order valence-electron chi connectivity index (χ1n) is 5.03. The lowest BCUT2D eigenvalue weighted by atomic mass is 10.2. The summed E-state index contributed by atoms with van der Waals surface area (Å²) in [5, 5.41) is 13.0. The zero-order valence-corrected chi connectivity index (χ0v) is 8.36. The minimum Gasteiger partial charge on any atom is -0.477 e. The number of rotatable bonds is 1. The molecule has 1 aliphatic carbocycles. The highest BCUT2D eigenvalue weighted by Gasteiger charge is 2.21. The van der Waals surface area contributed by atoms with Crippen LogP contribution in [0.2, 0.25) is 0 Å². The predicted molar refractivity (Wildman–Crippen MR) is 54.8 cm³/mol. The van der Waals surface area contributed by atoms with E-state index in [4.69, 9.17) is 5.11 Å². The summed E-state index contributed by atoms with van der Waals surface area (Å²) < 4.78 is 1.53. The largest absolute Gasteiger partial charge is 0.477 e. The van der Waals surface area contributed by atoms with Crippen LogP contribution in [0.1, 0.15) is 28.0 Å². The van der Waals surface area contributed by atoms with Crippen LogP contribution < -0.4 is 5.56 Å². The maximum Gasteiger partial charge on any atom is 0.341 e. The molecule has 0 saturated carbocycles. The number of aromatic nitrogens is 3. The molecule has 1 aliphatic rings. The molecule has 6 heteroatoms. The standard InChI is InChI=1S/C10H9N3O3/c14-9-5-2-1-3-7(5)13-8(12-9)6(4-11-13)10(15)16/h4H,1-3H2,(H,12,14)(H,15,16). The SMILES string of the molecule is O=C(O)c1cnn2c3c(c(=O)[nH]c12)CCC3. The second-order valence-corrected chi connectivity index (χ2v) is 3.86. The summed E-state index contributed by atoms with van der Waals surface area (Å²) in [6.07, 6.45) is 3.70. The Morgan fingerprint density at radius 1 is 1.50 bits per heavy atom. The van der Waals surface area contributed by atoms with Gasteiger partial charge in [0.2, 0.25) is 0 Å². The van der Waals surface area contributed by atoms with E-state index in [1.807, 2.05) is 0 Å². The highest BCUT2D eigenvalue weighted by atomic mass is 16.4. The zero-order valence-electron chi connectivity index (χ0n) is 8.36. The van der Waals surface area contributed by atoms with Crippen LogP contribution in [0, 0.1) is 0 Å². The van der Waals surface area contributed by atoms with Crippen LogP contribution in [0.3, 0.4) is 0 Å². The maximum absolute atomic E-state index is 11.7. The number of carboxylic acids is 1. The van der Waals surface area contributed by atoms with Crippen molar-refractivity contribution < 1.29 is 9.90 Å². The first kappa shape index (κ1) is 9.14. The second-order valence-electron chi connectivity index (χ2n) is 3.86. The van der Waals surface area contributed by atoms with E-state index in [-0.39, 0.29) is 16.8 Å². The highest BCUT2D eigenvalue weighted by molar-refractivity contribution is 5.94. The number of hydrogen-bond acceptors (Lipinski definition) is 3. The monoisotopic (exact) mass is 219 g/mol. The van der Waals surface area contributed by atoms with Gasteiger partial charge in [-0.05, 0) is 19.3 Å². The third kappa shape index (κ3) is 1.04. The Labute approximate surface area is 89.5 Å². The van der Waals surface area contributed by atoms with E-state index in [0.29, 0.717) is 0 Å². The molecule has 6 nitrogen and oxygen atoms in total. The van der Waals surface area contributed by atoms with Gasteiger partial charge in [-0.15, -0.1) is 0 Å². The molecule has 16 heavy (non-hydrogen) atoms. The van der Waals surface area contributed by atoms with Crippen LogP contribution in [0.4, 0.5) is 0 Å². The van der Waals surface area contributed by atoms with Crippen molar-refractivity contribution in [2.75, 3.05) is 0 Å². The van der Waals surface area contributed by atoms with Gasteiger partial charge in [-0.2, -0.15) is 5.10 Å². The summed E-state index contributed by atoms with van der Waals surface area (Å²) in [4.78, 5) is 25.2. The van der Waals surface area contributed by atoms with Crippen molar-refractivity contribution in [2.24, 2.45) is 0 Å². The minimum atomic E-state index is -1.08. The van der Waals surface area contributed by atoms with Crippen LogP contribution in [0.15, 0.2) is 11.0 Å². The average Bonchev–Trinajstić information content (AvgIpc) is 2.80. The van der Waals surface area contributed by atoms with Gasteiger partial charge in [0.25, 0.3) is 5.56 Å². The minimum absolute atomic E-state index is 0.0341. The van der Waals surface area contributed by atoms with Gasteiger partial charge in [0.05, 0.1) is 11.9 Å². The molecule has 2 N–H and O–H groups in total. The van der Waals surface area contributed by atoms with Gasteiger partial charge in [0.1, 0.15) is 5.56 Å². The lowest BCUT2D eigenvalue weighted by Gasteiger charge is -2.02. The fourth-order valence-corrected chi connectivity index (χ4v) is 2.22. The molecule has 2 heterocycles. The zero-order chi connectivity index (χ0) is 11.3. The van der Waals surface area contributed by atoms with Crippen LogP contribution in [0.25, 0.3) is 5.65 Å². The smallest absolute Gasteiger partial charge is 0.341 e. The number of aromatic carboxylic acids is 1. The van der Waals surface area contributed by atoms with Gasteiger partial charge < -0.3 is 10.1 Å². The third-order valence-corrected chi connectivity index (χ3v) is 2.95. The number of nitrogens with one attached hydrogen (secondary N) is 1. The lowest BCUT2D eigenvalue weighted by Crippen LogP contribution is -2.17. The highest BCUT2D eigenvalue weighted by Crippen LogP contribution is 2.19. The van der Waals surface area contributed by atoms with Gasteiger partial charge in [0.15, 0.2) is 5.65 Å². The van der Waals surface area contributed by atoms with Crippen molar-refractivity contribution in [2.45, 2.75) is 19.3 Å². The number of aromatic amines is 1. The van der Waals surface area contributed by atoms with Gasteiger partial charge in [0, 0.05) is 5.56 Å². The van der Waals surface area contributed by atoms with Crippen molar-refractivity contribution in [3.8, 4) is 0 Å². The number of H-pyrrole nitrogens is 1. The average molecular weight is 219 g/mol. The topological polar surface area (TPSA) is 87.5 Å². The first-order chi connectivity index (χ1) is 7.68. The Morgan fingerprint density at radius 2 is 2.31 bits per heavy atom. The first-order valence-corrected chi connectivity index (χ1v) is 5.03. The van der Waals surface area contributed by atoms with Crippen LogP contribution in [-0.2, 0) is 12.8 Å². The molecule has 0 radical (unpaired) electrons. The summed E-state index contributed by atoms with van der Waals surface area (Å²) in [7, 11) is 0. The Bertz CT molecular complexity index is 653. The molecular formula is C10H9N3O3. The summed E-state index contributed by atoms with van der Waals surface area (Å²) in [5.74, 6) is -1.08. The fourth-order valence-electron chi connectivity index (χ4n) is 2.22. The van der Waals surface area contributed by atoms with E-state index in [2.05, 4.69) is 10.1 Å². The molecule has 0 amide bonds. The predicted octanol–water partition coefficient (Wildman–Crippen LogP) is 0.209. The Kier molecular flexibility index (Phi) is 1.68. The van der Waals surface area contributed by atoms with Crippen LogP contribution >= 0.6 is 0 Å². The Morgan fingerprint density at radius 3 is 3.06 bits per heavy atom. The van der Waals surface area contributed by atoms with Crippen molar-refractivity contribution in [1.29, 1.82) is 0 Å². The van der Waals surface area contributed by atoms with E-state index in [1.54, 1.807) is 0 Å². The van der Waals surface area contributed by atoms with Gasteiger partial charge >= 0.3 is 5.97 Å². The molecule has 0 bridgehead atoms. The molecule has 82 valence electrons. The molecule has 3 rings (SSSR count). The van der Waals surface area contributed by atoms with E-state index in [9.17, 15) is 9.59 Å². The van der Waals surface area contributed by atoms with Crippen LogP contribution in [0.5, 0.6) is 0 Å². The molecule has 0 atom stereocenters. The van der Waals surface area contributed by atoms with Gasteiger partial charge in [-0.25, -0.2) is 9.31 Å². The number of nitrogens with zero attached hydrogens (tertiary/aromatic N) is 2. The van der Waals surface area contributed by atoms with E-state index < -0.39 is 5.97 Å². The summed E-state index contributed by atoms with van der Waals surface area (Å²) in [6, 6.07) is 0. The summed E-state index contributed by atoms with van der Waals surface area (Å²) in [6.45, 7) is 0. The molecule has 0 aliphatic heterocycles. The van der Waals surface area contributed by atoms with Crippen molar-refractivity contribution in [1.82, 2.24) is 14.6 Å².